The van der Waals surface area contributed by atoms with Gasteiger partial charge in [0.1, 0.15) is 18.2 Å². The lowest BCUT2D eigenvalue weighted by molar-refractivity contribution is 0.0107. The lowest BCUT2D eigenvalue weighted by Gasteiger charge is -2.35. The Balaban J connectivity index is 1.93. The number of anilines is 1. The number of benzene rings is 2. The molecule has 0 radical (unpaired) electrons. The number of hydrogen-bond acceptors (Lipinski definition) is 5. The number of fused-ring (bicyclic) bond motifs is 1. The van der Waals surface area contributed by atoms with Gasteiger partial charge in [0, 0.05) is 39.0 Å². The van der Waals surface area contributed by atoms with Gasteiger partial charge in [0.2, 0.25) is 0 Å². The summed E-state index contributed by atoms with van der Waals surface area (Å²) in [6.07, 6.45) is 0.887. The number of nitrogens with zero attached hydrogens (tertiary/aromatic N) is 2. The van der Waals surface area contributed by atoms with Crippen LogP contribution in [0.1, 0.15) is 47.9 Å². The second kappa shape index (κ2) is 12.1. The molecule has 2 aromatic carbocycles. The average molecular weight is 486 g/mol. The molecule has 1 aliphatic heterocycles. The van der Waals surface area contributed by atoms with E-state index in [-0.39, 0.29) is 29.5 Å². The van der Waals surface area contributed by atoms with E-state index >= 15 is 0 Å². The summed E-state index contributed by atoms with van der Waals surface area (Å²) in [6, 6.07) is 10.8. The molecule has 0 unspecified atom stereocenters. The van der Waals surface area contributed by atoms with E-state index in [1.807, 2.05) is 0 Å². The first-order chi connectivity index (χ1) is 16.7. The Bertz CT molecular complexity index is 1030. The SMILES string of the molecule is CCCN1C[C@H](C)[C@@H](OC)CN(C)C(=O)c2cc(NC(=O)c3ccccc3F)ccc2OC[C@@H]1C. The third-order valence-electron chi connectivity index (χ3n) is 6.46. The second-order valence-electron chi connectivity index (χ2n) is 9.24. The summed E-state index contributed by atoms with van der Waals surface area (Å²) in [5, 5.41) is 2.69. The molecule has 1 aliphatic rings. The average Bonchev–Trinajstić information content (AvgIpc) is 2.84. The standard InChI is InChI=1S/C27H36FN3O4/c1-6-13-31-15-18(2)25(34-5)16-30(4)27(33)22-14-20(11-12-24(22)35-17-19(31)3)29-26(32)21-9-7-8-10-23(21)28/h7-12,14,18-19,25H,6,13,15-17H2,1-5H3,(H,29,32)/t18-,19-,25-/m0/s1. The highest BCUT2D eigenvalue weighted by Crippen LogP contribution is 2.27. The van der Waals surface area contributed by atoms with E-state index in [1.54, 1.807) is 43.3 Å². The van der Waals surface area contributed by atoms with E-state index in [4.69, 9.17) is 9.47 Å². The number of rotatable bonds is 5. The van der Waals surface area contributed by atoms with Crippen molar-refractivity contribution in [3.8, 4) is 5.75 Å². The Labute approximate surface area is 207 Å². The Kier molecular flexibility index (Phi) is 9.23. The van der Waals surface area contributed by atoms with Crippen LogP contribution >= 0.6 is 0 Å². The third kappa shape index (κ3) is 6.58. The lowest BCUT2D eigenvalue weighted by Crippen LogP contribution is -2.46. The van der Waals surface area contributed by atoms with E-state index in [1.165, 1.54) is 18.2 Å². The molecule has 0 bridgehead atoms. The van der Waals surface area contributed by atoms with Gasteiger partial charge >= 0.3 is 0 Å². The summed E-state index contributed by atoms with van der Waals surface area (Å²) >= 11 is 0. The molecule has 1 N–H and O–H groups in total. The minimum Gasteiger partial charge on any atom is -0.491 e. The number of carbonyl (C=O) groups excluding carboxylic acids is 2. The van der Waals surface area contributed by atoms with Crippen LogP contribution < -0.4 is 10.1 Å². The first-order valence-electron chi connectivity index (χ1n) is 12.1. The second-order valence-corrected chi connectivity index (χ2v) is 9.24. The summed E-state index contributed by atoms with van der Waals surface area (Å²) in [5.41, 5.74) is 0.643. The number of nitrogens with one attached hydrogen (secondary N) is 1. The molecule has 2 amide bonds. The quantitative estimate of drug-likeness (QED) is 0.684. The van der Waals surface area contributed by atoms with E-state index in [2.05, 4.69) is 31.0 Å². The van der Waals surface area contributed by atoms with Crippen molar-refractivity contribution in [1.82, 2.24) is 9.80 Å². The van der Waals surface area contributed by atoms with Gasteiger partial charge in [0.15, 0.2) is 0 Å². The highest BCUT2D eigenvalue weighted by atomic mass is 19.1. The smallest absolute Gasteiger partial charge is 0.258 e. The normalized spacial score (nSPS) is 21.9. The predicted octanol–water partition coefficient (Wildman–Crippen LogP) is 4.29. The highest BCUT2D eigenvalue weighted by molar-refractivity contribution is 6.05. The molecule has 0 spiro atoms. The fourth-order valence-electron chi connectivity index (χ4n) is 4.37. The van der Waals surface area contributed by atoms with Crippen LogP contribution in [0.25, 0.3) is 0 Å². The number of methoxy groups -OCH3 is 1. The maximum Gasteiger partial charge on any atom is 0.258 e. The molecular formula is C27H36FN3O4. The first-order valence-corrected chi connectivity index (χ1v) is 12.1. The van der Waals surface area contributed by atoms with Crippen LogP contribution in [0.4, 0.5) is 10.1 Å². The topological polar surface area (TPSA) is 71.1 Å². The number of halogens is 1. The van der Waals surface area contributed by atoms with Crippen molar-refractivity contribution in [2.24, 2.45) is 5.92 Å². The first kappa shape index (κ1) is 26.6. The fraction of sp³-hybridized carbons (Fsp3) is 0.481. The van der Waals surface area contributed by atoms with Crippen molar-refractivity contribution in [2.45, 2.75) is 39.3 Å². The van der Waals surface area contributed by atoms with Crippen LogP contribution in [0.3, 0.4) is 0 Å². The number of likely N-dealkylation sites (N-methyl/N-ethyl adjacent to an activating group) is 1. The van der Waals surface area contributed by atoms with Crippen LogP contribution in [0, 0.1) is 11.7 Å². The number of carbonyl (C=O) groups is 2. The molecule has 8 heteroatoms. The number of amides is 2. The van der Waals surface area contributed by atoms with Gasteiger partial charge in [-0.15, -0.1) is 0 Å². The molecule has 2 aromatic rings. The predicted molar refractivity (Wildman–Crippen MR) is 135 cm³/mol. The number of hydrogen-bond donors (Lipinski definition) is 1. The zero-order valence-corrected chi connectivity index (χ0v) is 21.2. The Morgan fingerprint density at radius 2 is 1.94 bits per heavy atom. The maximum atomic E-state index is 14.1. The summed E-state index contributed by atoms with van der Waals surface area (Å²) in [7, 11) is 3.40. The molecular weight excluding hydrogens is 449 g/mol. The molecule has 0 aliphatic carbocycles. The van der Waals surface area contributed by atoms with Gasteiger partial charge in [0.05, 0.1) is 17.2 Å². The van der Waals surface area contributed by atoms with Gasteiger partial charge in [-0.05, 0) is 56.1 Å². The zero-order valence-electron chi connectivity index (χ0n) is 21.2. The van der Waals surface area contributed by atoms with E-state index in [0.717, 1.165) is 19.5 Å². The Morgan fingerprint density at radius 1 is 1.20 bits per heavy atom. The zero-order chi connectivity index (χ0) is 25.5. The van der Waals surface area contributed by atoms with Crippen molar-refractivity contribution in [3.05, 3.63) is 59.4 Å². The molecule has 0 saturated heterocycles. The fourth-order valence-corrected chi connectivity index (χ4v) is 4.37. The largest absolute Gasteiger partial charge is 0.491 e. The third-order valence-corrected chi connectivity index (χ3v) is 6.46. The van der Waals surface area contributed by atoms with Crippen molar-refractivity contribution in [1.29, 1.82) is 0 Å². The minimum atomic E-state index is -0.610. The summed E-state index contributed by atoms with van der Waals surface area (Å²) in [6.45, 7) is 9.01. The van der Waals surface area contributed by atoms with Crippen LogP contribution in [0.2, 0.25) is 0 Å². The molecule has 1 heterocycles. The van der Waals surface area contributed by atoms with Crippen molar-refractivity contribution in [3.63, 3.8) is 0 Å². The van der Waals surface area contributed by atoms with Gasteiger partial charge < -0.3 is 19.7 Å². The van der Waals surface area contributed by atoms with Crippen molar-refractivity contribution in [2.75, 3.05) is 45.7 Å². The summed E-state index contributed by atoms with van der Waals surface area (Å²) in [4.78, 5) is 30.1. The molecule has 3 atom stereocenters. The van der Waals surface area contributed by atoms with E-state index in [0.29, 0.717) is 30.2 Å². The molecule has 0 fully saturated rings. The van der Waals surface area contributed by atoms with Crippen molar-refractivity contribution >= 4 is 17.5 Å². The monoisotopic (exact) mass is 485 g/mol. The highest BCUT2D eigenvalue weighted by Gasteiger charge is 2.28. The van der Waals surface area contributed by atoms with Gasteiger partial charge in [-0.25, -0.2) is 4.39 Å². The van der Waals surface area contributed by atoms with E-state index < -0.39 is 11.7 Å². The van der Waals surface area contributed by atoms with Crippen LogP contribution in [-0.2, 0) is 4.74 Å². The van der Waals surface area contributed by atoms with Gasteiger partial charge in [0.25, 0.3) is 11.8 Å². The van der Waals surface area contributed by atoms with Crippen molar-refractivity contribution < 1.29 is 23.5 Å². The van der Waals surface area contributed by atoms with Crippen LogP contribution in [-0.4, -0.2) is 74.2 Å². The van der Waals surface area contributed by atoms with Crippen LogP contribution in [0.5, 0.6) is 5.75 Å². The van der Waals surface area contributed by atoms with Gasteiger partial charge in [-0.3, -0.25) is 14.5 Å². The molecule has 190 valence electrons. The molecule has 0 saturated carbocycles. The Hall–Kier alpha value is -2.97. The lowest BCUT2D eigenvalue weighted by atomic mass is 10.0. The van der Waals surface area contributed by atoms with Gasteiger partial charge in [-0.1, -0.05) is 26.0 Å². The number of ether oxygens (including phenoxy) is 2. The summed E-state index contributed by atoms with van der Waals surface area (Å²) in [5.74, 6) is -0.795. The van der Waals surface area contributed by atoms with Gasteiger partial charge in [-0.2, -0.15) is 0 Å². The molecule has 3 rings (SSSR count). The molecule has 35 heavy (non-hydrogen) atoms. The minimum absolute atomic E-state index is 0.0678. The summed E-state index contributed by atoms with van der Waals surface area (Å²) < 4.78 is 25.9. The maximum absolute atomic E-state index is 14.1. The van der Waals surface area contributed by atoms with E-state index in [9.17, 15) is 14.0 Å². The Morgan fingerprint density at radius 3 is 2.63 bits per heavy atom. The molecule has 0 aromatic heterocycles. The van der Waals surface area contributed by atoms with Crippen LogP contribution in [0.15, 0.2) is 42.5 Å². The molecule has 7 nitrogen and oxygen atoms in total.